The lowest BCUT2D eigenvalue weighted by molar-refractivity contribution is 0.213. The number of nitrogens with two attached hydrogens (primary N) is 1. The molecule has 100 valence electrons. The normalized spacial score (nSPS) is 18.3. The van der Waals surface area contributed by atoms with Crippen LogP contribution in [0.3, 0.4) is 0 Å². The van der Waals surface area contributed by atoms with Crippen LogP contribution in [0.15, 0.2) is 24.3 Å². The monoisotopic (exact) mass is 250 g/mol. The zero-order chi connectivity index (χ0) is 12.8. The van der Waals surface area contributed by atoms with Gasteiger partial charge in [-0.05, 0) is 44.0 Å². The zero-order valence-corrected chi connectivity index (χ0v) is 10.9. The Morgan fingerprint density at radius 2 is 1.94 bits per heavy atom. The second kappa shape index (κ2) is 6.61. The topological polar surface area (TPSA) is 56.5 Å². The fraction of sp³-hybridized carbons (Fsp3) is 0.571. The molecule has 1 unspecified atom stereocenters. The molecule has 1 aliphatic rings. The van der Waals surface area contributed by atoms with Crippen LogP contribution in [0, 0.1) is 5.92 Å². The fourth-order valence-electron chi connectivity index (χ4n) is 2.33. The summed E-state index contributed by atoms with van der Waals surface area (Å²) < 4.78 is 11.0. The van der Waals surface area contributed by atoms with Crippen molar-refractivity contribution in [3.8, 4) is 11.5 Å². The largest absolute Gasteiger partial charge is 0.493 e. The highest BCUT2D eigenvalue weighted by Crippen LogP contribution is 2.26. The Bertz CT molecular complexity index is 365. The van der Waals surface area contributed by atoms with Crippen molar-refractivity contribution in [3.05, 3.63) is 24.3 Å². The number of ether oxygens (including phenoxy) is 2. The van der Waals surface area contributed by atoms with Crippen molar-refractivity contribution in [3.63, 3.8) is 0 Å². The summed E-state index contributed by atoms with van der Waals surface area (Å²) in [5.41, 5.74) is 6.19. The molecule has 18 heavy (non-hydrogen) atoms. The van der Waals surface area contributed by atoms with Gasteiger partial charge in [-0.25, -0.2) is 0 Å². The highest BCUT2D eigenvalue weighted by molar-refractivity contribution is 5.39. The van der Waals surface area contributed by atoms with Gasteiger partial charge < -0.3 is 20.5 Å². The average molecular weight is 250 g/mol. The van der Waals surface area contributed by atoms with Gasteiger partial charge in [0.2, 0.25) is 0 Å². The van der Waals surface area contributed by atoms with Gasteiger partial charge >= 0.3 is 0 Å². The van der Waals surface area contributed by atoms with E-state index in [4.69, 9.17) is 15.2 Å². The minimum atomic E-state index is 0.0945. The lowest BCUT2D eigenvalue weighted by Gasteiger charge is -2.28. The molecule has 4 heteroatoms. The molecule has 1 saturated heterocycles. The van der Waals surface area contributed by atoms with Crippen molar-refractivity contribution >= 4 is 0 Å². The molecule has 0 bridgehead atoms. The molecule has 1 aliphatic heterocycles. The average Bonchev–Trinajstić information content (AvgIpc) is 2.46. The van der Waals surface area contributed by atoms with E-state index in [-0.39, 0.29) is 6.04 Å². The third-order valence-electron chi connectivity index (χ3n) is 3.49. The van der Waals surface area contributed by atoms with Crippen LogP contribution in [0.25, 0.3) is 0 Å². The maximum absolute atomic E-state index is 6.19. The summed E-state index contributed by atoms with van der Waals surface area (Å²) >= 11 is 0. The molecular formula is C14H22N2O2. The molecule has 0 aliphatic carbocycles. The Balaban J connectivity index is 1.86. The van der Waals surface area contributed by atoms with Crippen LogP contribution in [0.4, 0.5) is 0 Å². The van der Waals surface area contributed by atoms with Crippen LogP contribution in [0.2, 0.25) is 0 Å². The number of para-hydroxylation sites is 2. The number of methoxy groups -OCH3 is 1. The molecular weight excluding hydrogens is 228 g/mol. The minimum absolute atomic E-state index is 0.0945. The molecule has 1 aromatic carbocycles. The maximum atomic E-state index is 6.19. The summed E-state index contributed by atoms with van der Waals surface area (Å²) in [6, 6.07) is 7.77. The first-order valence-corrected chi connectivity index (χ1v) is 6.53. The van der Waals surface area contributed by atoms with Gasteiger partial charge in [-0.15, -0.1) is 0 Å². The standard InChI is InChI=1S/C14H22N2O2/c1-17-13-4-2-3-5-14(13)18-10-12(15)11-6-8-16-9-7-11/h2-5,11-12,16H,6-10,15H2,1H3. The molecule has 1 aromatic rings. The van der Waals surface area contributed by atoms with E-state index in [0.717, 1.165) is 37.4 Å². The first-order valence-electron chi connectivity index (χ1n) is 6.53. The van der Waals surface area contributed by atoms with Crippen LogP contribution in [0.5, 0.6) is 11.5 Å². The Morgan fingerprint density at radius 3 is 2.61 bits per heavy atom. The summed E-state index contributed by atoms with van der Waals surface area (Å²) in [6.07, 6.45) is 2.27. The van der Waals surface area contributed by atoms with Crippen molar-refractivity contribution in [2.24, 2.45) is 11.7 Å². The number of nitrogens with one attached hydrogen (secondary N) is 1. The summed E-state index contributed by atoms with van der Waals surface area (Å²) in [6.45, 7) is 2.67. The number of benzene rings is 1. The molecule has 1 atom stereocenters. The number of piperidine rings is 1. The second-order valence-electron chi connectivity index (χ2n) is 4.71. The summed E-state index contributed by atoms with van der Waals surface area (Å²) in [5.74, 6) is 2.08. The Labute approximate surface area is 108 Å². The van der Waals surface area contributed by atoms with Gasteiger partial charge in [-0.1, -0.05) is 12.1 Å². The van der Waals surface area contributed by atoms with E-state index in [9.17, 15) is 0 Å². The zero-order valence-electron chi connectivity index (χ0n) is 10.9. The van der Waals surface area contributed by atoms with Crippen molar-refractivity contribution in [1.29, 1.82) is 0 Å². The molecule has 4 nitrogen and oxygen atoms in total. The Morgan fingerprint density at radius 1 is 1.28 bits per heavy atom. The van der Waals surface area contributed by atoms with Crippen molar-refractivity contribution < 1.29 is 9.47 Å². The molecule has 3 N–H and O–H groups in total. The van der Waals surface area contributed by atoms with E-state index in [1.165, 1.54) is 0 Å². The summed E-state index contributed by atoms with van der Waals surface area (Å²) in [5, 5.41) is 3.35. The smallest absolute Gasteiger partial charge is 0.161 e. The van der Waals surface area contributed by atoms with Gasteiger partial charge in [-0.3, -0.25) is 0 Å². The second-order valence-corrected chi connectivity index (χ2v) is 4.71. The first-order chi connectivity index (χ1) is 8.81. The number of hydrogen-bond donors (Lipinski definition) is 2. The van der Waals surface area contributed by atoms with Gasteiger partial charge in [0.05, 0.1) is 7.11 Å². The molecule has 0 saturated carbocycles. The number of rotatable bonds is 5. The van der Waals surface area contributed by atoms with Crippen LogP contribution in [0.1, 0.15) is 12.8 Å². The van der Waals surface area contributed by atoms with Crippen LogP contribution >= 0.6 is 0 Å². The maximum Gasteiger partial charge on any atom is 0.161 e. The van der Waals surface area contributed by atoms with E-state index >= 15 is 0 Å². The Kier molecular flexibility index (Phi) is 4.84. The number of hydrogen-bond acceptors (Lipinski definition) is 4. The quantitative estimate of drug-likeness (QED) is 0.829. The first kappa shape index (κ1) is 13.2. The molecule has 0 spiro atoms. The van der Waals surface area contributed by atoms with E-state index in [0.29, 0.717) is 12.5 Å². The van der Waals surface area contributed by atoms with Crippen molar-refractivity contribution in [2.75, 3.05) is 26.8 Å². The summed E-state index contributed by atoms with van der Waals surface area (Å²) in [4.78, 5) is 0. The van der Waals surface area contributed by atoms with Crippen molar-refractivity contribution in [2.45, 2.75) is 18.9 Å². The molecule has 0 amide bonds. The Hall–Kier alpha value is -1.26. The molecule has 1 fully saturated rings. The lowest BCUT2D eigenvalue weighted by Crippen LogP contribution is -2.41. The van der Waals surface area contributed by atoms with E-state index in [2.05, 4.69) is 5.32 Å². The van der Waals surface area contributed by atoms with Gasteiger partial charge in [0.25, 0.3) is 0 Å². The van der Waals surface area contributed by atoms with E-state index in [1.807, 2.05) is 24.3 Å². The fourth-order valence-corrected chi connectivity index (χ4v) is 2.33. The van der Waals surface area contributed by atoms with E-state index in [1.54, 1.807) is 7.11 Å². The molecule has 0 aromatic heterocycles. The van der Waals surface area contributed by atoms with Gasteiger partial charge in [0.1, 0.15) is 6.61 Å². The molecule has 2 rings (SSSR count). The van der Waals surface area contributed by atoms with Crippen LogP contribution in [-0.2, 0) is 0 Å². The van der Waals surface area contributed by atoms with Gasteiger partial charge in [0, 0.05) is 6.04 Å². The third-order valence-corrected chi connectivity index (χ3v) is 3.49. The third kappa shape index (κ3) is 3.37. The summed E-state index contributed by atoms with van der Waals surface area (Å²) in [7, 11) is 1.65. The van der Waals surface area contributed by atoms with Crippen molar-refractivity contribution in [1.82, 2.24) is 5.32 Å². The highest BCUT2D eigenvalue weighted by atomic mass is 16.5. The highest BCUT2D eigenvalue weighted by Gasteiger charge is 2.21. The predicted molar refractivity (Wildman–Crippen MR) is 72.1 cm³/mol. The van der Waals surface area contributed by atoms with Gasteiger partial charge in [0.15, 0.2) is 11.5 Å². The van der Waals surface area contributed by atoms with Crippen LogP contribution in [-0.4, -0.2) is 32.8 Å². The SMILES string of the molecule is COc1ccccc1OCC(N)C1CCNCC1. The predicted octanol–water partition coefficient (Wildman–Crippen LogP) is 1.40. The lowest BCUT2D eigenvalue weighted by atomic mass is 9.91. The van der Waals surface area contributed by atoms with Gasteiger partial charge in [-0.2, -0.15) is 0 Å². The molecule has 1 heterocycles. The minimum Gasteiger partial charge on any atom is -0.493 e. The molecule has 0 radical (unpaired) electrons. The van der Waals surface area contributed by atoms with E-state index < -0.39 is 0 Å². The van der Waals surface area contributed by atoms with Crippen LogP contribution < -0.4 is 20.5 Å².